The molecule has 2 rings (SSSR count). The highest BCUT2D eigenvalue weighted by atomic mass is 32.1. The van der Waals surface area contributed by atoms with Crippen LogP contribution in [-0.2, 0) is 15.0 Å². The quantitative estimate of drug-likeness (QED) is 0.547. The molecule has 1 amide bonds. The Labute approximate surface area is 151 Å². The molecule has 3 N–H and O–H groups in total. The van der Waals surface area contributed by atoms with Gasteiger partial charge in [-0.15, -0.1) is 11.3 Å². The number of H-pyrrole nitrogens is 1. The topological polar surface area (TPSA) is 86.9 Å². The third-order valence-corrected chi connectivity index (χ3v) is 4.26. The normalized spacial score (nSPS) is 12.8. The molecule has 0 unspecified atom stereocenters. The largest absolute Gasteiger partial charge is 0.384 e. The molecule has 25 heavy (non-hydrogen) atoms. The van der Waals surface area contributed by atoms with E-state index in [4.69, 9.17) is 0 Å². The highest BCUT2D eigenvalue weighted by Gasteiger charge is 2.20. The maximum absolute atomic E-state index is 12.5. The summed E-state index contributed by atoms with van der Waals surface area (Å²) >= 11 is 1.49. The third kappa shape index (κ3) is 4.90. The van der Waals surface area contributed by atoms with Gasteiger partial charge >= 0.3 is 0 Å². The fourth-order valence-corrected chi connectivity index (χ4v) is 2.89. The van der Waals surface area contributed by atoms with E-state index in [1.807, 2.05) is 17.5 Å². The number of nitrogens with zero attached hydrogens (tertiary/aromatic N) is 1. The van der Waals surface area contributed by atoms with E-state index < -0.39 is 5.91 Å². The van der Waals surface area contributed by atoms with Crippen LogP contribution in [0.2, 0.25) is 0 Å². The smallest absolute Gasteiger partial charge is 0.271 e. The van der Waals surface area contributed by atoms with Crippen LogP contribution in [0.3, 0.4) is 0 Å². The summed E-state index contributed by atoms with van der Waals surface area (Å²) in [7, 11) is 1.65. The lowest BCUT2D eigenvalue weighted by Crippen LogP contribution is -2.30. The van der Waals surface area contributed by atoms with Crippen molar-refractivity contribution in [3.8, 4) is 0 Å². The number of carbonyl (C=O) groups excluding carboxylic acids is 2. The second-order valence-corrected chi connectivity index (χ2v) is 7.39. The minimum atomic E-state index is -0.403. The molecule has 0 radical (unpaired) electrons. The van der Waals surface area contributed by atoms with E-state index in [9.17, 15) is 9.59 Å². The number of thiophene rings is 1. The summed E-state index contributed by atoms with van der Waals surface area (Å²) in [6.45, 7) is 6.18. The molecule has 0 aliphatic rings. The SMILES string of the molecule is CN/C(=C\c1nc[nH]c1C(C)(C)C)C(=O)N/C(C=O)=C\c1cccs1. The predicted molar refractivity (Wildman–Crippen MR) is 101 cm³/mol. The van der Waals surface area contributed by atoms with Crippen molar-refractivity contribution in [3.05, 3.63) is 51.5 Å². The highest BCUT2D eigenvalue weighted by Crippen LogP contribution is 2.24. The number of allylic oxidation sites excluding steroid dienone is 1. The molecule has 0 aliphatic carbocycles. The number of nitrogens with one attached hydrogen (secondary N) is 3. The Morgan fingerprint density at radius 1 is 1.32 bits per heavy atom. The van der Waals surface area contributed by atoms with Crippen LogP contribution in [-0.4, -0.2) is 29.2 Å². The third-order valence-electron chi connectivity index (χ3n) is 3.44. The van der Waals surface area contributed by atoms with Crippen molar-refractivity contribution in [1.82, 2.24) is 20.6 Å². The first-order valence-electron chi connectivity index (χ1n) is 7.80. The first-order chi connectivity index (χ1) is 11.8. The molecule has 2 heterocycles. The maximum Gasteiger partial charge on any atom is 0.271 e. The molecule has 6 nitrogen and oxygen atoms in total. The van der Waals surface area contributed by atoms with Gasteiger partial charge in [0.1, 0.15) is 5.70 Å². The first kappa shape index (κ1) is 18.7. The molecule has 0 saturated heterocycles. The van der Waals surface area contributed by atoms with E-state index >= 15 is 0 Å². The first-order valence-corrected chi connectivity index (χ1v) is 8.68. The van der Waals surface area contributed by atoms with Crippen molar-refractivity contribution in [1.29, 1.82) is 0 Å². The second kappa shape index (κ2) is 7.94. The fraction of sp³-hybridized carbons (Fsp3) is 0.278. The number of aldehydes is 1. The van der Waals surface area contributed by atoms with Crippen molar-refractivity contribution >= 4 is 35.7 Å². The van der Waals surface area contributed by atoms with Gasteiger partial charge in [-0.1, -0.05) is 26.8 Å². The Morgan fingerprint density at radius 3 is 2.64 bits per heavy atom. The van der Waals surface area contributed by atoms with Crippen LogP contribution in [0.4, 0.5) is 0 Å². The molecule has 0 bridgehead atoms. The summed E-state index contributed by atoms with van der Waals surface area (Å²) in [5.74, 6) is -0.403. The number of likely N-dealkylation sites (N-methyl/N-ethyl adjacent to an activating group) is 1. The summed E-state index contributed by atoms with van der Waals surface area (Å²) < 4.78 is 0. The molecule has 0 aliphatic heterocycles. The van der Waals surface area contributed by atoms with Gasteiger partial charge in [0.15, 0.2) is 6.29 Å². The lowest BCUT2D eigenvalue weighted by atomic mass is 9.90. The van der Waals surface area contributed by atoms with Gasteiger partial charge in [-0.3, -0.25) is 9.59 Å². The summed E-state index contributed by atoms with van der Waals surface area (Å²) in [6, 6.07) is 3.75. The molecule has 0 saturated carbocycles. The summed E-state index contributed by atoms with van der Waals surface area (Å²) in [5.41, 5.74) is 1.99. The second-order valence-electron chi connectivity index (χ2n) is 6.41. The van der Waals surface area contributed by atoms with E-state index in [1.165, 1.54) is 11.3 Å². The molecule has 0 atom stereocenters. The number of aromatic amines is 1. The number of amides is 1. The van der Waals surface area contributed by atoms with Crippen molar-refractivity contribution in [3.63, 3.8) is 0 Å². The van der Waals surface area contributed by atoms with Crippen LogP contribution >= 0.6 is 11.3 Å². The van der Waals surface area contributed by atoms with Crippen LogP contribution in [0.5, 0.6) is 0 Å². The van der Waals surface area contributed by atoms with Gasteiger partial charge in [0.05, 0.1) is 17.7 Å². The van der Waals surface area contributed by atoms with Crippen molar-refractivity contribution in [2.24, 2.45) is 0 Å². The molecule has 0 aromatic carbocycles. The number of carbonyl (C=O) groups is 2. The summed E-state index contributed by atoms with van der Waals surface area (Å²) in [6.07, 6.45) is 5.53. The van der Waals surface area contributed by atoms with Gasteiger partial charge in [-0.2, -0.15) is 0 Å². The molecule has 2 aromatic heterocycles. The van der Waals surface area contributed by atoms with E-state index in [0.717, 1.165) is 10.6 Å². The Kier molecular flexibility index (Phi) is 5.93. The lowest BCUT2D eigenvalue weighted by molar-refractivity contribution is -0.118. The Morgan fingerprint density at radius 2 is 2.08 bits per heavy atom. The average Bonchev–Trinajstić information content (AvgIpc) is 3.22. The van der Waals surface area contributed by atoms with Crippen LogP contribution in [0, 0.1) is 0 Å². The molecule has 0 fully saturated rings. The Hall–Kier alpha value is -2.67. The number of aromatic nitrogens is 2. The van der Waals surface area contributed by atoms with Gasteiger partial charge < -0.3 is 15.6 Å². The Bertz CT molecular complexity index is 795. The van der Waals surface area contributed by atoms with E-state index in [1.54, 1.807) is 25.5 Å². The number of imidazole rings is 1. The van der Waals surface area contributed by atoms with E-state index in [2.05, 4.69) is 41.4 Å². The monoisotopic (exact) mass is 358 g/mol. The Balaban J connectivity index is 2.24. The predicted octanol–water partition coefficient (Wildman–Crippen LogP) is 2.69. The fourth-order valence-electron chi connectivity index (χ4n) is 2.23. The molecule has 7 heteroatoms. The summed E-state index contributed by atoms with van der Waals surface area (Å²) in [5, 5.41) is 7.38. The van der Waals surface area contributed by atoms with Crippen LogP contribution in [0.1, 0.15) is 37.0 Å². The van der Waals surface area contributed by atoms with Gasteiger partial charge in [-0.05, 0) is 23.6 Å². The van der Waals surface area contributed by atoms with E-state index in [0.29, 0.717) is 17.7 Å². The van der Waals surface area contributed by atoms with Crippen LogP contribution < -0.4 is 10.6 Å². The van der Waals surface area contributed by atoms with Gasteiger partial charge in [0.2, 0.25) is 0 Å². The average molecular weight is 358 g/mol. The van der Waals surface area contributed by atoms with Crippen molar-refractivity contribution in [2.75, 3.05) is 7.05 Å². The van der Waals surface area contributed by atoms with Gasteiger partial charge in [0.25, 0.3) is 5.91 Å². The van der Waals surface area contributed by atoms with Gasteiger partial charge in [0, 0.05) is 23.0 Å². The van der Waals surface area contributed by atoms with Crippen LogP contribution in [0.25, 0.3) is 12.2 Å². The molecule has 0 spiro atoms. The molecular weight excluding hydrogens is 336 g/mol. The number of rotatable bonds is 6. The summed E-state index contributed by atoms with van der Waals surface area (Å²) in [4.78, 5) is 32.0. The minimum absolute atomic E-state index is 0.134. The highest BCUT2D eigenvalue weighted by molar-refractivity contribution is 7.10. The molecule has 2 aromatic rings. The van der Waals surface area contributed by atoms with Crippen molar-refractivity contribution < 1.29 is 9.59 Å². The maximum atomic E-state index is 12.5. The zero-order valence-electron chi connectivity index (χ0n) is 14.7. The van der Waals surface area contributed by atoms with E-state index in [-0.39, 0.29) is 11.1 Å². The minimum Gasteiger partial charge on any atom is -0.384 e. The number of hydrogen-bond acceptors (Lipinski definition) is 5. The zero-order chi connectivity index (χ0) is 18.4. The van der Waals surface area contributed by atoms with Crippen LogP contribution in [0.15, 0.2) is 35.2 Å². The molecule has 132 valence electrons. The van der Waals surface area contributed by atoms with Gasteiger partial charge in [-0.25, -0.2) is 4.98 Å². The standard InChI is InChI=1S/C18H22N4O2S/c1-18(2,3)16-14(20-11-21-16)9-15(19-4)17(24)22-12(10-23)8-13-6-5-7-25-13/h5-11,19H,1-4H3,(H,20,21)(H,22,24)/b12-8-,15-9-. The number of hydrogen-bond donors (Lipinski definition) is 3. The molecular formula is C18H22N4O2S. The zero-order valence-corrected chi connectivity index (χ0v) is 15.5. The lowest BCUT2D eigenvalue weighted by Gasteiger charge is -2.17. The van der Waals surface area contributed by atoms with Crippen molar-refractivity contribution in [2.45, 2.75) is 26.2 Å².